The quantitative estimate of drug-likeness (QED) is 0.585. The highest BCUT2D eigenvalue weighted by Crippen LogP contribution is 2.21. The van der Waals surface area contributed by atoms with Crippen LogP contribution in [0.15, 0.2) is 5.16 Å². The molecule has 0 atom stereocenters. The van der Waals surface area contributed by atoms with E-state index >= 15 is 0 Å². The largest absolute Gasteiger partial charge is 0.385 e. The van der Waals surface area contributed by atoms with Crippen LogP contribution in [-0.2, 0) is 17.7 Å². The lowest BCUT2D eigenvalue weighted by Gasteiger charge is -2.05. The van der Waals surface area contributed by atoms with E-state index in [1.54, 1.807) is 18.9 Å². The van der Waals surface area contributed by atoms with Gasteiger partial charge in [-0.25, -0.2) is 0 Å². The van der Waals surface area contributed by atoms with Gasteiger partial charge in [-0.15, -0.1) is 10.2 Å². The van der Waals surface area contributed by atoms with Crippen molar-refractivity contribution in [2.24, 2.45) is 0 Å². The molecule has 5 heteroatoms. The van der Waals surface area contributed by atoms with Gasteiger partial charge in [0.1, 0.15) is 5.82 Å². The van der Waals surface area contributed by atoms with Crippen molar-refractivity contribution in [3.8, 4) is 0 Å². The molecule has 16 heavy (non-hydrogen) atoms. The standard InChI is InChI=1S/C11H19N3OS/c1-15-8-5-9-16-11-13-12-10-6-3-2-4-7-14(10)11/h2-9H2,1H3. The summed E-state index contributed by atoms with van der Waals surface area (Å²) in [5.74, 6) is 2.23. The highest BCUT2D eigenvalue weighted by Gasteiger charge is 2.14. The number of aromatic nitrogens is 3. The van der Waals surface area contributed by atoms with Gasteiger partial charge in [-0.05, 0) is 19.3 Å². The molecule has 0 amide bonds. The van der Waals surface area contributed by atoms with Crippen LogP contribution in [0.5, 0.6) is 0 Å². The molecule has 0 saturated carbocycles. The second-order valence-electron chi connectivity index (χ2n) is 4.06. The van der Waals surface area contributed by atoms with E-state index in [2.05, 4.69) is 14.8 Å². The fourth-order valence-corrected chi connectivity index (χ4v) is 2.83. The highest BCUT2D eigenvalue weighted by molar-refractivity contribution is 7.99. The molecule has 1 aromatic rings. The van der Waals surface area contributed by atoms with E-state index in [0.717, 1.165) is 36.9 Å². The minimum Gasteiger partial charge on any atom is -0.385 e. The average molecular weight is 241 g/mol. The topological polar surface area (TPSA) is 39.9 Å². The van der Waals surface area contributed by atoms with Crippen LogP contribution in [0.4, 0.5) is 0 Å². The number of nitrogens with zero attached hydrogens (tertiary/aromatic N) is 3. The lowest BCUT2D eigenvalue weighted by atomic mass is 10.2. The number of hydrogen-bond acceptors (Lipinski definition) is 4. The molecule has 2 heterocycles. The van der Waals surface area contributed by atoms with Gasteiger partial charge in [-0.2, -0.15) is 0 Å². The monoisotopic (exact) mass is 241 g/mol. The van der Waals surface area contributed by atoms with Gasteiger partial charge >= 0.3 is 0 Å². The Balaban J connectivity index is 1.91. The van der Waals surface area contributed by atoms with Crippen LogP contribution in [0, 0.1) is 0 Å². The third-order valence-electron chi connectivity index (χ3n) is 2.80. The first kappa shape index (κ1) is 11.9. The van der Waals surface area contributed by atoms with Gasteiger partial charge in [-0.3, -0.25) is 0 Å². The van der Waals surface area contributed by atoms with Crippen molar-refractivity contribution in [3.63, 3.8) is 0 Å². The van der Waals surface area contributed by atoms with Crippen LogP contribution in [0.1, 0.15) is 31.5 Å². The van der Waals surface area contributed by atoms with Crippen molar-refractivity contribution in [2.75, 3.05) is 19.5 Å². The van der Waals surface area contributed by atoms with Crippen LogP contribution in [-0.4, -0.2) is 34.2 Å². The van der Waals surface area contributed by atoms with Crippen LogP contribution >= 0.6 is 11.8 Å². The van der Waals surface area contributed by atoms with E-state index in [1.807, 2.05) is 0 Å². The summed E-state index contributed by atoms with van der Waals surface area (Å²) in [5.41, 5.74) is 0. The summed E-state index contributed by atoms with van der Waals surface area (Å²) in [6, 6.07) is 0. The second-order valence-corrected chi connectivity index (χ2v) is 5.12. The number of aryl methyl sites for hydroxylation is 1. The molecule has 1 aliphatic heterocycles. The summed E-state index contributed by atoms with van der Waals surface area (Å²) in [6.45, 7) is 1.92. The summed E-state index contributed by atoms with van der Waals surface area (Å²) in [7, 11) is 1.74. The molecule has 0 unspecified atom stereocenters. The molecule has 90 valence electrons. The van der Waals surface area contributed by atoms with Crippen molar-refractivity contribution < 1.29 is 4.74 Å². The van der Waals surface area contributed by atoms with E-state index in [-0.39, 0.29) is 0 Å². The van der Waals surface area contributed by atoms with Gasteiger partial charge in [0.15, 0.2) is 5.16 Å². The predicted molar refractivity (Wildman–Crippen MR) is 64.8 cm³/mol. The Bertz CT molecular complexity index is 327. The summed E-state index contributed by atoms with van der Waals surface area (Å²) < 4.78 is 7.33. The minimum atomic E-state index is 0.827. The zero-order chi connectivity index (χ0) is 11.2. The number of methoxy groups -OCH3 is 1. The Morgan fingerprint density at radius 2 is 2.25 bits per heavy atom. The Morgan fingerprint density at radius 3 is 3.12 bits per heavy atom. The van der Waals surface area contributed by atoms with Crippen molar-refractivity contribution in [1.82, 2.24) is 14.8 Å². The van der Waals surface area contributed by atoms with Crippen LogP contribution in [0.2, 0.25) is 0 Å². The molecule has 4 nitrogen and oxygen atoms in total. The number of thioether (sulfide) groups is 1. The maximum Gasteiger partial charge on any atom is 0.191 e. The molecule has 0 spiro atoms. The van der Waals surface area contributed by atoms with Crippen LogP contribution in [0.3, 0.4) is 0 Å². The molecule has 0 aliphatic carbocycles. The van der Waals surface area contributed by atoms with Crippen molar-refractivity contribution >= 4 is 11.8 Å². The number of ether oxygens (including phenoxy) is 1. The fourth-order valence-electron chi connectivity index (χ4n) is 1.93. The lowest BCUT2D eigenvalue weighted by Crippen LogP contribution is -2.02. The second kappa shape index (κ2) is 6.25. The smallest absolute Gasteiger partial charge is 0.191 e. The zero-order valence-electron chi connectivity index (χ0n) is 9.81. The first-order chi connectivity index (χ1) is 7.92. The van der Waals surface area contributed by atoms with Gasteiger partial charge in [0.25, 0.3) is 0 Å². The Labute approximate surface area is 101 Å². The average Bonchev–Trinajstić information content (AvgIpc) is 2.54. The molecule has 2 rings (SSSR count). The third-order valence-corrected chi connectivity index (χ3v) is 3.85. The van der Waals surface area contributed by atoms with E-state index in [0.29, 0.717) is 0 Å². The maximum atomic E-state index is 5.04. The van der Waals surface area contributed by atoms with Gasteiger partial charge in [0.2, 0.25) is 0 Å². The predicted octanol–water partition coefficient (Wildman–Crippen LogP) is 2.13. The maximum absolute atomic E-state index is 5.04. The molecule has 0 bridgehead atoms. The normalized spacial score (nSPS) is 15.8. The van der Waals surface area contributed by atoms with E-state index in [4.69, 9.17) is 4.74 Å². The number of rotatable bonds is 5. The third kappa shape index (κ3) is 2.98. The van der Waals surface area contributed by atoms with E-state index in [1.165, 1.54) is 25.1 Å². The summed E-state index contributed by atoms with van der Waals surface area (Å²) in [4.78, 5) is 0. The number of hydrogen-bond donors (Lipinski definition) is 0. The fraction of sp³-hybridized carbons (Fsp3) is 0.818. The lowest BCUT2D eigenvalue weighted by molar-refractivity contribution is 0.200. The summed E-state index contributed by atoms with van der Waals surface area (Å²) in [5, 5.41) is 9.64. The van der Waals surface area contributed by atoms with Crippen molar-refractivity contribution in [1.29, 1.82) is 0 Å². The van der Waals surface area contributed by atoms with Crippen LogP contribution in [0.25, 0.3) is 0 Å². The number of fused-ring (bicyclic) bond motifs is 1. The zero-order valence-corrected chi connectivity index (χ0v) is 10.6. The molecular formula is C11H19N3OS. The molecule has 0 fully saturated rings. The highest BCUT2D eigenvalue weighted by atomic mass is 32.2. The molecular weight excluding hydrogens is 222 g/mol. The van der Waals surface area contributed by atoms with Crippen molar-refractivity contribution in [3.05, 3.63) is 5.82 Å². The van der Waals surface area contributed by atoms with E-state index < -0.39 is 0 Å². The molecule has 1 aliphatic rings. The van der Waals surface area contributed by atoms with Gasteiger partial charge in [-0.1, -0.05) is 18.2 Å². The molecule has 0 N–H and O–H groups in total. The van der Waals surface area contributed by atoms with Gasteiger partial charge in [0.05, 0.1) is 0 Å². The van der Waals surface area contributed by atoms with Gasteiger partial charge in [0, 0.05) is 32.4 Å². The SMILES string of the molecule is COCCCSc1nnc2n1CCCCC2. The van der Waals surface area contributed by atoms with Crippen molar-refractivity contribution in [2.45, 2.75) is 43.8 Å². The Hall–Kier alpha value is -0.550. The molecule has 0 radical (unpaired) electrons. The summed E-state index contributed by atoms with van der Waals surface area (Å²) >= 11 is 1.80. The molecule has 1 aromatic heterocycles. The Kier molecular flexibility index (Phi) is 4.66. The van der Waals surface area contributed by atoms with Crippen LogP contribution < -0.4 is 0 Å². The minimum absolute atomic E-state index is 0.827. The van der Waals surface area contributed by atoms with E-state index in [9.17, 15) is 0 Å². The Morgan fingerprint density at radius 1 is 1.31 bits per heavy atom. The summed E-state index contributed by atoms with van der Waals surface area (Å²) in [6.07, 6.45) is 6.00. The first-order valence-electron chi connectivity index (χ1n) is 5.95. The molecule has 0 saturated heterocycles. The van der Waals surface area contributed by atoms with Gasteiger partial charge < -0.3 is 9.30 Å². The molecule has 0 aromatic carbocycles. The first-order valence-corrected chi connectivity index (χ1v) is 6.94.